The molecule has 31 heavy (non-hydrogen) atoms. The van der Waals surface area contributed by atoms with Gasteiger partial charge in [-0.15, -0.1) is 22.7 Å². The predicted octanol–water partition coefficient (Wildman–Crippen LogP) is 5.71. The fourth-order valence-corrected chi connectivity index (χ4v) is 5.99. The van der Waals surface area contributed by atoms with Crippen molar-refractivity contribution in [2.24, 2.45) is 0 Å². The van der Waals surface area contributed by atoms with Crippen LogP contribution >= 0.6 is 22.7 Å². The first-order valence-corrected chi connectivity index (χ1v) is 12.6. The lowest BCUT2D eigenvalue weighted by Gasteiger charge is -2.39. The SMILES string of the molecule is CCN1CCN([C@H](c2ccc(C)cc2)c2c(NC(=O)c3cccs3)sc(C)c2C)CC1. The molecule has 1 aliphatic heterocycles. The monoisotopic (exact) mass is 453 g/mol. The molecule has 0 aliphatic carbocycles. The molecule has 0 radical (unpaired) electrons. The number of carbonyl (C=O) groups is 1. The number of carbonyl (C=O) groups excluding carboxylic acids is 1. The van der Waals surface area contributed by atoms with Crippen molar-refractivity contribution in [2.45, 2.75) is 33.7 Å². The van der Waals surface area contributed by atoms with Crippen molar-refractivity contribution >= 4 is 33.6 Å². The van der Waals surface area contributed by atoms with Crippen LogP contribution in [0.1, 0.15) is 49.8 Å². The Morgan fingerprint density at radius 1 is 1.06 bits per heavy atom. The number of nitrogens with one attached hydrogen (secondary N) is 1. The van der Waals surface area contributed by atoms with Crippen molar-refractivity contribution < 1.29 is 4.79 Å². The Hall–Kier alpha value is -1.99. The van der Waals surface area contributed by atoms with E-state index < -0.39 is 0 Å². The van der Waals surface area contributed by atoms with Gasteiger partial charge in [-0.1, -0.05) is 42.8 Å². The number of rotatable bonds is 6. The molecule has 0 spiro atoms. The highest BCUT2D eigenvalue weighted by Gasteiger charge is 2.31. The average Bonchev–Trinajstić information content (AvgIpc) is 3.40. The quantitative estimate of drug-likeness (QED) is 0.519. The van der Waals surface area contributed by atoms with Gasteiger partial charge in [0.25, 0.3) is 5.91 Å². The van der Waals surface area contributed by atoms with Crippen LogP contribution < -0.4 is 5.32 Å². The number of aryl methyl sites for hydroxylation is 2. The zero-order chi connectivity index (χ0) is 22.0. The predicted molar refractivity (Wildman–Crippen MR) is 133 cm³/mol. The fraction of sp³-hybridized carbons (Fsp3) is 0.400. The number of hydrogen-bond acceptors (Lipinski definition) is 5. The second kappa shape index (κ2) is 9.65. The molecule has 1 aliphatic rings. The van der Waals surface area contributed by atoms with Gasteiger partial charge in [-0.25, -0.2) is 0 Å². The van der Waals surface area contributed by atoms with E-state index in [1.165, 1.54) is 38.5 Å². The Morgan fingerprint density at radius 2 is 1.77 bits per heavy atom. The van der Waals surface area contributed by atoms with E-state index in [2.05, 4.69) is 67.1 Å². The summed E-state index contributed by atoms with van der Waals surface area (Å²) in [6.07, 6.45) is 0. The van der Waals surface area contributed by atoms with Crippen LogP contribution in [0.4, 0.5) is 5.00 Å². The van der Waals surface area contributed by atoms with Crippen LogP contribution in [0.15, 0.2) is 41.8 Å². The summed E-state index contributed by atoms with van der Waals surface area (Å²) in [4.78, 5) is 20.0. The molecule has 2 aromatic heterocycles. The van der Waals surface area contributed by atoms with Gasteiger partial charge in [-0.2, -0.15) is 0 Å². The van der Waals surface area contributed by atoms with Crippen LogP contribution in [0.2, 0.25) is 0 Å². The number of nitrogens with zero attached hydrogens (tertiary/aromatic N) is 2. The minimum atomic E-state index is -0.0176. The summed E-state index contributed by atoms with van der Waals surface area (Å²) in [5, 5.41) is 6.18. The van der Waals surface area contributed by atoms with Gasteiger partial charge in [0.05, 0.1) is 10.9 Å². The van der Waals surface area contributed by atoms with Crippen molar-refractivity contribution in [1.29, 1.82) is 0 Å². The van der Waals surface area contributed by atoms with Crippen LogP contribution in [0.5, 0.6) is 0 Å². The number of amides is 1. The van der Waals surface area contributed by atoms with Crippen LogP contribution in [-0.2, 0) is 0 Å². The lowest BCUT2D eigenvalue weighted by atomic mass is 9.93. The number of piperazine rings is 1. The normalized spacial score (nSPS) is 16.4. The molecule has 0 unspecified atom stereocenters. The summed E-state index contributed by atoms with van der Waals surface area (Å²) >= 11 is 3.18. The third-order valence-corrected chi connectivity index (χ3v) is 8.30. The Morgan fingerprint density at radius 3 is 2.39 bits per heavy atom. The van der Waals surface area contributed by atoms with E-state index in [1.807, 2.05) is 17.5 Å². The van der Waals surface area contributed by atoms with Gasteiger partial charge >= 0.3 is 0 Å². The van der Waals surface area contributed by atoms with Gasteiger partial charge in [-0.05, 0) is 49.9 Å². The average molecular weight is 454 g/mol. The molecular formula is C25H31N3OS2. The Labute approximate surface area is 193 Å². The zero-order valence-corrected chi connectivity index (χ0v) is 20.4. The number of thiophene rings is 2. The molecule has 6 heteroatoms. The maximum atomic E-state index is 12.9. The molecule has 1 fully saturated rings. The van der Waals surface area contributed by atoms with E-state index in [1.54, 1.807) is 11.3 Å². The third kappa shape index (κ3) is 4.77. The Kier molecular flexibility index (Phi) is 6.92. The van der Waals surface area contributed by atoms with Gasteiger partial charge in [0.15, 0.2) is 0 Å². The molecule has 4 nitrogen and oxygen atoms in total. The zero-order valence-electron chi connectivity index (χ0n) is 18.8. The van der Waals surface area contributed by atoms with E-state index >= 15 is 0 Å². The van der Waals surface area contributed by atoms with Crippen LogP contribution in [0, 0.1) is 20.8 Å². The van der Waals surface area contributed by atoms with E-state index in [-0.39, 0.29) is 11.9 Å². The highest BCUT2D eigenvalue weighted by Crippen LogP contribution is 2.42. The molecule has 0 bridgehead atoms. The first-order valence-electron chi connectivity index (χ1n) is 11.0. The molecule has 1 atom stereocenters. The summed E-state index contributed by atoms with van der Waals surface area (Å²) < 4.78 is 0. The first-order chi connectivity index (χ1) is 15.0. The van der Waals surface area contributed by atoms with Crippen LogP contribution in [0.25, 0.3) is 0 Å². The molecule has 1 N–H and O–H groups in total. The van der Waals surface area contributed by atoms with Gasteiger partial charge < -0.3 is 10.2 Å². The molecule has 4 rings (SSSR count). The molecule has 1 aromatic carbocycles. The lowest BCUT2D eigenvalue weighted by molar-refractivity contribution is 0.102. The van der Waals surface area contributed by atoms with E-state index in [4.69, 9.17) is 0 Å². The van der Waals surface area contributed by atoms with Crippen LogP contribution in [0.3, 0.4) is 0 Å². The minimum absolute atomic E-state index is 0.0176. The maximum Gasteiger partial charge on any atom is 0.266 e. The van der Waals surface area contributed by atoms with E-state index in [0.717, 1.165) is 42.6 Å². The first kappa shape index (κ1) is 22.2. The molecule has 0 saturated carbocycles. The highest BCUT2D eigenvalue weighted by atomic mass is 32.1. The Balaban J connectivity index is 1.74. The topological polar surface area (TPSA) is 35.6 Å². The molecule has 1 saturated heterocycles. The summed E-state index contributed by atoms with van der Waals surface area (Å²) in [6.45, 7) is 14.0. The number of benzene rings is 1. The highest BCUT2D eigenvalue weighted by molar-refractivity contribution is 7.17. The summed E-state index contributed by atoms with van der Waals surface area (Å²) in [5.41, 5.74) is 5.10. The summed E-state index contributed by atoms with van der Waals surface area (Å²) in [6, 6.07) is 12.9. The maximum absolute atomic E-state index is 12.9. The summed E-state index contributed by atoms with van der Waals surface area (Å²) in [5.74, 6) is -0.0176. The second-order valence-corrected chi connectivity index (χ2v) is 10.4. The minimum Gasteiger partial charge on any atom is -0.313 e. The molecule has 1 amide bonds. The second-order valence-electron chi connectivity index (χ2n) is 8.24. The van der Waals surface area contributed by atoms with Crippen molar-refractivity contribution in [3.8, 4) is 0 Å². The van der Waals surface area contributed by atoms with E-state index in [9.17, 15) is 4.79 Å². The van der Waals surface area contributed by atoms with Crippen molar-refractivity contribution in [3.63, 3.8) is 0 Å². The van der Waals surface area contributed by atoms with Gasteiger partial charge in [0.2, 0.25) is 0 Å². The number of hydrogen-bond donors (Lipinski definition) is 1. The van der Waals surface area contributed by atoms with E-state index in [0.29, 0.717) is 0 Å². The standard InChI is InChI=1S/C25H31N3OS2/c1-5-27-12-14-28(15-13-27)23(20-10-8-17(2)9-11-20)22-18(3)19(4)31-25(22)26-24(29)21-7-6-16-30-21/h6-11,16,23H,5,12-15H2,1-4H3,(H,26,29)/t23-/m1/s1. The van der Waals surface area contributed by atoms with Gasteiger partial charge in [0, 0.05) is 36.6 Å². The molecular weight excluding hydrogens is 422 g/mol. The van der Waals surface area contributed by atoms with Crippen molar-refractivity contribution in [2.75, 3.05) is 38.0 Å². The molecule has 3 heterocycles. The largest absolute Gasteiger partial charge is 0.313 e. The number of anilines is 1. The van der Waals surface area contributed by atoms with Crippen LogP contribution in [-0.4, -0.2) is 48.4 Å². The fourth-order valence-electron chi connectivity index (χ4n) is 4.29. The lowest BCUT2D eigenvalue weighted by Crippen LogP contribution is -2.47. The van der Waals surface area contributed by atoms with Gasteiger partial charge in [-0.3, -0.25) is 9.69 Å². The number of likely N-dealkylation sites (N-methyl/N-ethyl adjacent to an activating group) is 1. The smallest absolute Gasteiger partial charge is 0.266 e. The molecule has 164 valence electrons. The Bertz CT molecular complexity index is 1020. The van der Waals surface area contributed by atoms with Gasteiger partial charge in [0.1, 0.15) is 5.00 Å². The molecule has 3 aromatic rings. The van der Waals surface area contributed by atoms with Crippen molar-refractivity contribution in [1.82, 2.24) is 9.80 Å². The van der Waals surface area contributed by atoms with Crippen molar-refractivity contribution in [3.05, 3.63) is 73.8 Å². The summed E-state index contributed by atoms with van der Waals surface area (Å²) in [7, 11) is 0. The third-order valence-electron chi connectivity index (χ3n) is 6.29.